The van der Waals surface area contributed by atoms with E-state index in [-0.39, 0.29) is 23.5 Å². The van der Waals surface area contributed by atoms with Gasteiger partial charge in [0.1, 0.15) is 5.75 Å². The van der Waals surface area contributed by atoms with Crippen molar-refractivity contribution in [3.8, 4) is 5.75 Å². The third-order valence-electron chi connectivity index (χ3n) is 5.42. The normalized spacial score (nSPS) is 17.9. The summed E-state index contributed by atoms with van der Waals surface area (Å²) in [5.41, 5.74) is 1.84. The minimum atomic E-state index is -4.19. The van der Waals surface area contributed by atoms with Crippen molar-refractivity contribution in [2.45, 2.75) is 38.1 Å². The molecule has 2 aromatic rings. The van der Waals surface area contributed by atoms with Crippen molar-refractivity contribution < 1.29 is 27.5 Å². The van der Waals surface area contributed by atoms with Crippen LogP contribution in [0.2, 0.25) is 0 Å². The molecule has 0 bridgehead atoms. The number of carbonyl (C=O) groups excluding carboxylic acids is 2. The lowest BCUT2D eigenvalue weighted by Crippen LogP contribution is -2.47. The van der Waals surface area contributed by atoms with Crippen LogP contribution in [0.15, 0.2) is 82.3 Å². The van der Waals surface area contributed by atoms with Gasteiger partial charge in [0.05, 0.1) is 24.7 Å². The molecule has 1 amide bonds. The maximum atomic E-state index is 13.5. The second kappa shape index (κ2) is 10.0. The Morgan fingerprint density at radius 1 is 1.06 bits per heavy atom. The van der Waals surface area contributed by atoms with Crippen molar-refractivity contribution >= 4 is 21.9 Å². The summed E-state index contributed by atoms with van der Waals surface area (Å²) in [4.78, 5) is 25.9. The van der Waals surface area contributed by atoms with E-state index < -0.39 is 27.9 Å². The smallest absolute Gasteiger partial charge is 0.334 e. The molecule has 0 fully saturated rings. The molecule has 0 aromatic heterocycles. The number of carbonyl (C=O) groups is 2. The van der Waals surface area contributed by atoms with E-state index in [2.05, 4.69) is 0 Å². The first-order chi connectivity index (χ1) is 15.7. The van der Waals surface area contributed by atoms with Gasteiger partial charge in [0.25, 0.3) is 15.9 Å². The largest absolute Gasteiger partial charge is 0.497 e. The van der Waals surface area contributed by atoms with Crippen LogP contribution in [0.5, 0.6) is 5.75 Å². The Hall–Kier alpha value is -3.39. The van der Waals surface area contributed by atoms with Crippen LogP contribution in [0.1, 0.15) is 26.3 Å². The molecule has 1 aliphatic heterocycles. The molecule has 0 aliphatic carbocycles. The van der Waals surface area contributed by atoms with Crippen molar-refractivity contribution in [1.29, 1.82) is 0 Å². The molecule has 8 heteroatoms. The number of esters is 1. The second-order valence-electron chi connectivity index (χ2n) is 7.60. The van der Waals surface area contributed by atoms with Gasteiger partial charge in [-0.15, -0.1) is 0 Å². The first-order valence-electron chi connectivity index (χ1n) is 10.6. The molecule has 3 rings (SSSR count). The Kier molecular flexibility index (Phi) is 7.38. The van der Waals surface area contributed by atoms with Gasteiger partial charge in [0.2, 0.25) is 0 Å². The highest BCUT2D eigenvalue weighted by Crippen LogP contribution is 2.32. The van der Waals surface area contributed by atoms with Crippen LogP contribution in [-0.2, 0) is 30.8 Å². The fraction of sp³-hybridized carbons (Fsp3) is 0.280. The number of nitrogens with zero attached hydrogens (tertiary/aromatic N) is 1. The number of benzene rings is 2. The molecule has 1 atom stereocenters. The Morgan fingerprint density at radius 3 is 2.27 bits per heavy atom. The van der Waals surface area contributed by atoms with E-state index in [0.29, 0.717) is 16.9 Å². The summed E-state index contributed by atoms with van der Waals surface area (Å²) in [6.45, 7) is 5.02. The summed E-state index contributed by atoms with van der Waals surface area (Å²) in [6, 6.07) is 14.3. The van der Waals surface area contributed by atoms with Crippen LogP contribution in [0.25, 0.3) is 0 Å². The van der Waals surface area contributed by atoms with Gasteiger partial charge < -0.3 is 9.47 Å². The van der Waals surface area contributed by atoms with E-state index in [0.717, 1.165) is 9.87 Å². The maximum absolute atomic E-state index is 13.5. The fourth-order valence-corrected chi connectivity index (χ4v) is 5.32. The van der Waals surface area contributed by atoms with Gasteiger partial charge in [0.15, 0.2) is 0 Å². The maximum Gasteiger partial charge on any atom is 0.334 e. The van der Waals surface area contributed by atoms with Gasteiger partial charge in [0, 0.05) is 17.6 Å². The summed E-state index contributed by atoms with van der Waals surface area (Å²) >= 11 is 0. The van der Waals surface area contributed by atoms with Crippen LogP contribution < -0.4 is 4.74 Å². The van der Waals surface area contributed by atoms with E-state index in [1.165, 1.54) is 38.3 Å². The highest BCUT2D eigenvalue weighted by Gasteiger charge is 2.40. The number of amides is 1. The Morgan fingerprint density at radius 2 is 1.70 bits per heavy atom. The number of hydrogen-bond acceptors (Lipinski definition) is 6. The molecular weight excluding hydrogens is 442 g/mol. The van der Waals surface area contributed by atoms with Crippen LogP contribution in [0, 0.1) is 0 Å². The SMILES string of the molecule is CCOC(=O)/C(Cc1ccccc1)=C1/C=C(C)C(=O)N(S(=O)(=O)c2ccc(OC)cc2)C1C. The zero-order valence-electron chi connectivity index (χ0n) is 19.1. The van der Waals surface area contributed by atoms with Crippen molar-refractivity contribution in [1.82, 2.24) is 4.31 Å². The average Bonchev–Trinajstić information content (AvgIpc) is 2.81. The van der Waals surface area contributed by atoms with E-state index in [1.54, 1.807) is 19.9 Å². The van der Waals surface area contributed by atoms with Crippen LogP contribution in [-0.4, -0.2) is 44.4 Å². The van der Waals surface area contributed by atoms with E-state index in [9.17, 15) is 18.0 Å². The molecule has 33 heavy (non-hydrogen) atoms. The minimum Gasteiger partial charge on any atom is -0.497 e. The molecule has 1 unspecified atom stereocenters. The molecule has 0 saturated heterocycles. The standard InChI is InChI=1S/C25H27NO6S/c1-5-32-25(28)23(16-19-9-7-6-8-10-19)22-15-17(2)24(27)26(18(22)3)33(29,30)21-13-11-20(31-4)12-14-21/h6-15,18H,5,16H2,1-4H3/b23-22-. The van der Waals surface area contributed by atoms with Crippen molar-refractivity contribution in [2.75, 3.05) is 13.7 Å². The monoisotopic (exact) mass is 469 g/mol. The van der Waals surface area contributed by atoms with Gasteiger partial charge in [-0.2, -0.15) is 0 Å². The lowest BCUT2D eigenvalue weighted by atomic mass is 9.92. The predicted octanol–water partition coefficient (Wildman–Crippen LogP) is 3.66. The molecule has 0 saturated carbocycles. The molecule has 0 N–H and O–H groups in total. The molecule has 1 heterocycles. The van der Waals surface area contributed by atoms with Crippen LogP contribution >= 0.6 is 0 Å². The highest BCUT2D eigenvalue weighted by molar-refractivity contribution is 7.89. The quantitative estimate of drug-likeness (QED) is 0.454. The molecule has 2 aromatic carbocycles. The van der Waals surface area contributed by atoms with Crippen LogP contribution in [0.4, 0.5) is 0 Å². The number of sulfonamides is 1. The third-order valence-corrected chi connectivity index (χ3v) is 7.29. The van der Waals surface area contributed by atoms with Gasteiger partial charge >= 0.3 is 5.97 Å². The minimum absolute atomic E-state index is 0.0432. The van der Waals surface area contributed by atoms with Gasteiger partial charge in [-0.1, -0.05) is 30.3 Å². The summed E-state index contributed by atoms with van der Waals surface area (Å²) in [7, 11) is -2.71. The summed E-state index contributed by atoms with van der Waals surface area (Å²) in [6.07, 6.45) is 1.83. The lowest BCUT2D eigenvalue weighted by molar-refractivity contribution is -0.138. The Balaban J connectivity index is 2.13. The summed E-state index contributed by atoms with van der Waals surface area (Å²) in [5.74, 6) is -0.676. The zero-order valence-corrected chi connectivity index (χ0v) is 19.9. The number of methoxy groups -OCH3 is 1. The Bertz CT molecular complexity index is 1200. The van der Waals surface area contributed by atoms with Crippen molar-refractivity contribution in [3.05, 3.63) is 83.0 Å². The van der Waals surface area contributed by atoms with Gasteiger partial charge in [-0.3, -0.25) is 4.79 Å². The number of ether oxygens (including phenoxy) is 2. The molecule has 174 valence electrons. The van der Waals surface area contributed by atoms with Gasteiger partial charge in [-0.25, -0.2) is 17.5 Å². The molecule has 0 spiro atoms. The van der Waals surface area contributed by atoms with E-state index in [4.69, 9.17) is 9.47 Å². The lowest BCUT2D eigenvalue weighted by Gasteiger charge is -2.34. The summed E-state index contributed by atoms with van der Waals surface area (Å²) in [5, 5.41) is 0. The number of hydrogen-bond donors (Lipinski definition) is 0. The number of rotatable bonds is 7. The van der Waals surface area contributed by atoms with E-state index in [1.807, 2.05) is 30.3 Å². The molecule has 7 nitrogen and oxygen atoms in total. The summed E-state index contributed by atoms with van der Waals surface area (Å²) < 4.78 is 38.2. The molecule has 1 aliphatic rings. The fourth-order valence-electron chi connectivity index (χ4n) is 3.72. The highest BCUT2D eigenvalue weighted by atomic mass is 32.2. The topological polar surface area (TPSA) is 90.0 Å². The van der Waals surface area contributed by atoms with Crippen molar-refractivity contribution in [3.63, 3.8) is 0 Å². The second-order valence-corrected chi connectivity index (χ2v) is 9.42. The van der Waals surface area contributed by atoms with Gasteiger partial charge in [-0.05, 0) is 62.2 Å². The third kappa shape index (κ3) is 5.01. The van der Waals surface area contributed by atoms with Crippen LogP contribution in [0.3, 0.4) is 0 Å². The first kappa shape index (κ1) is 24.3. The predicted molar refractivity (Wildman–Crippen MR) is 124 cm³/mol. The average molecular weight is 470 g/mol. The molecular formula is C25H27NO6S. The first-order valence-corrected chi connectivity index (χ1v) is 12.0. The Labute approximate surface area is 194 Å². The van der Waals surface area contributed by atoms with E-state index >= 15 is 0 Å². The zero-order chi connectivity index (χ0) is 24.2. The van der Waals surface area contributed by atoms with Crippen molar-refractivity contribution in [2.24, 2.45) is 0 Å². The molecule has 0 radical (unpaired) electrons.